The largest absolute Gasteiger partial charge is 0.418 e. The molecule has 0 aliphatic carbocycles. The summed E-state index contributed by atoms with van der Waals surface area (Å²) in [6, 6.07) is 0. The van der Waals surface area contributed by atoms with Gasteiger partial charge in [-0.05, 0) is 32.5 Å². The Balaban J connectivity index is 3.58. The summed E-state index contributed by atoms with van der Waals surface area (Å²) in [6.07, 6.45) is 4.45. The molecule has 7 heteroatoms. The Kier molecular flexibility index (Phi) is 8.90. The molecule has 0 aliphatic heterocycles. The molecule has 0 unspecified atom stereocenters. The summed E-state index contributed by atoms with van der Waals surface area (Å²) in [5, 5.41) is 0. The molecule has 110 valence electrons. The fraction of sp³-hybridized carbons (Fsp3) is 1.00. The zero-order valence-electron chi connectivity index (χ0n) is 11.0. The van der Waals surface area contributed by atoms with E-state index in [0.717, 1.165) is 32.3 Å². The van der Waals surface area contributed by atoms with Crippen LogP contribution in [-0.2, 0) is 4.43 Å². The van der Waals surface area contributed by atoms with Crippen LogP contribution in [0, 0.1) is 0 Å². The van der Waals surface area contributed by atoms with Crippen LogP contribution in [0.4, 0.5) is 0 Å². The Morgan fingerprint density at radius 2 is 1.33 bits per heavy atom. The number of hydrogen-bond donors (Lipinski definition) is 0. The Bertz CT molecular complexity index is 235. The quantitative estimate of drug-likeness (QED) is 0.274. The maximum atomic E-state index is 5.96. The minimum atomic E-state index is -1.64. The minimum Gasteiger partial charge on any atom is -0.418 e. The van der Waals surface area contributed by atoms with Crippen LogP contribution in [0.1, 0.15) is 32.1 Å². The lowest BCUT2D eigenvalue weighted by Gasteiger charge is -2.27. The second-order valence-corrected chi connectivity index (χ2v) is 13.6. The summed E-state index contributed by atoms with van der Waals surface area (Å²) in [4.78, 5) is 0. The van der Waals surface area contributed by atoms with Crippen molar-refractivity contribution >= 4 is 66.3 Å². The summed E-state index contributed by atoms with van der Waals surface area (Å²) in [6.45, 7) is 7.38. The maximum absolute atomic E-state index is 5.96. The molecule has 0 atom stereocenters. The molecule has 0 aromatic heterocycles. The molecule has 0 saturated heterocycles. The van der Waals surface area contributed by atoms with E-state index >= 15 is 0 Å². The summed E-state index contributed by atoms with van der Waals surface area (Å²) in [5.41, 5.74) is 0. The van der Waals surface area contributed by atoms with Crippen LogP contribution in [0.25, 0.3) is 0 Å². The number of halogens is 5. The van der Waals surface area contributed by atoms with E-state index in [4.69, 9.17) is 62.4 Å². The van der Waals surface area contributed by atoms with Gasteiger partial charge in [0.2, 0.25) is 3.79 Å². The minimum absolute atomic E-state index is 0.474. The maximum Gasteiger partial charge on any atom is 0.223 e. The van der Waals surface area contributed by atoms with Gasteiger partial charge >= 0.3 is 0 Å². The predicted molar refractivity (Wildman–Crippen MR) is 87.1 cm³/mol. The van der Waals surface area contributed by atoms with Gasteiger partial charge in [0.15, 0.2) is 12.7 Å². The van der Waals surface area contributed by atoms with Crippen molar-refractivity contribution in [2.24, 2.45) is 0 Å². The third-order valence-electron chi connectivity index (χ3n) is 2.33. The fourth-order valence-electron chi connectivity index (χ4n) is 1.32. The Labute approximate surface area is 137 Å². The monoisotopic (exact) mass is 372 g/mol. The van der Waals surface area contributed by atoms with Gasteiger partial charge in [-0.25, -0.2) is 0 Å². The molecule has 0 amide bonds. The van der Waals surface area contributed by atoms with Gasteiger partial charge in [0.1, 0.15) is 0 Å². The van der Waals surface area contributed by atoms with E-state index in [2.05, 4.69) is 19.6 Å². The second kappa shape index (κ2) is 8.16. The first-order chi connectivity index (χ1) is 7.96. The fourth-order valence-corrected chi connectivity index (χ4v) is 2.63. The van der Waals surface area contributed by atoms with E-state index in [-0.39, 0.29) is 0 Å². The highest BCUT2D eigenvalue weighted by atomic mass is 35.6. The van der Waals surface area contributed by atoms with Gasteiger partial charge in [-0.3, -0.25) is 0 Å². The third-order valence-corrected chi connectivity index (χ3v) is 5.90. The van der Waals surface area contributed by atoms with Crippen LogP contribution >= 0.6 is 58.0 Å². The number of hydrogen-bond acceptors (Lipinski definition) is 1. The Morgan fingerprint density at radius 3 is 1.78 bits per heavy atom. The molecule has 0 heterocycles. The van der Waals surface area contributed by atoms with Crippen LogP contribution in [0.15, 0.2) is 0 Å². The van der Waals surface area contributed by atoms with E-state index in [0.29, 0.717) is 6.42 Å². The molecule has 0 radical (unpaired) electrons. The van der Waals surface area contributed by atoms with Gasteiger partial charge in [0, 0.05) is 6.61 Å². The molecule has 18 heavy (non-hydrogen) atoms. The lowest BCUT2D eigenvalue weighted by Crippen LogP contribution is -2.30. The first-order valence-corrected chi connectivity index (χ1v) is 11.3. The van der Waals surface area contributed by atoms with Crippen LogP contribution in [-0.4, -0.2) is 23.1 Å². The molecule has 0 fully saturated rings. The van der Waals surface area contributed by atoms with Crippen molar-refractivity contribution in [3.63, 3.8) is 0 Å². The van der Waals surface area contributed by atoms with Crippen molar-refractivity contribution in [3.05, 3.63) is 0 Å². The van der Waals surface area contributed by atoms with Crippen LogP contribution < -0.4 is 0 Å². The van der Waals surface area contributed by atoms with E-state index in [1.165, 1.54) is 0 Å². The van der Waals surface area contributed by atoms with Gasteiger partial charge in [-0.15, -0.1) is 0 Å². The van der Waals surface area contributed by atoms with Crippen molar-refractivity contribution in [2.45, 2.75) is 59.9 Å². The van der Waals surface area contributed by atoms with Gasteiger partial charge in [0.05, 0.1) is 0 Å². The SMILES string of the molecule is C[Si](C)(C)OCCCCCCC(Cl)(Cl)C(Cl)(Cl)Cl. The van der Waals surface area contributed by atoms with Gasteiger partial charge < -0.3 is 4.43 Å². The topological polar surface area (TPSA) is 9.23 Å². The molecular formula is C11H21Cl5OSi. The molecule has 0 rings (SSSR count). The first kappa shape index (κ1) is 19.6. The van der Waals surface area contributed by atoms with E-state index in [1.54, 1.807) is 0 Å². The van der Waals surface area contributed by atoms with Crippen molar-refractivity contribution in [2.75, 3.05) is 6.61 Å². The average Bonchev–Trinajstić information content (AvgIpc) is 2.12. The smallest absolute Gasteiger partial charge is 0.223 e. The van der Waals surface area contributed by atoms with Crippen molar-refractivity contribution in [3.8, 4) is 0 Å². The van der Waals surface area contributed by atoms with E-state index in [9.17, 15) is 0 Å². The molecule has 0 N–H and O–H groups in total. The van der Waals surface area contributed by atoms with Crippen molar-refractivity contribution in [1.82, 2.24) is 0 Å². The van der Waals surface area contributed by atoms with Gasteiger partial charge in [-0.2, -0.15) is 0 Å². The summed E-state index contributed by atoms with van der Waals surface area (Å²) < 4.78 is 2.80. The predicted octanol–water partition coefficient (Wildman–Crippen LogP) is 6.33. The third kappa shape index (κ3) is 9.52. The summed E-state index contributed by atoms with van der Waals surface area (Å²) in [5.74, 6) is 0. The van der Waals surface area contributed by atoms with Gasteiger partial charge in [0.25, 0.3) is 0 Å². The molecule has 0 aromatic rings. The number of alkyl halides is 5. The molecule has 0 saturated carbocycles. The van der Waals surface area contributed by atoms with Crippen molar-refractivity contribution in [1.29, 1.82) is 0 Å². The molecule has 0 aromatic carbocycles. The zero-order chi connectivity index (χ0) is 14.4. The lowest BCUT2D eigenvalue weighted by molar-refractivity contribution is 0.298. The second-order valence-electron chi connectivity index (χ2n) is 5.33. The van der Waals surface area contributed by atoms with E-state index in [1.807, 2.05) is 0 Å². The molecule has 0 spiro atoms. The van der Waals surface area contributed by atoms with Crippen LogP contribution in [0.3, 0.4) is 0 Å². The van der Waals surface area contributed by atoms with Gasteiger partial charge in [-0.1, -0.05) is 77.3 Å². The highest BCUT2D eigenvalue weighted by Gasteiger charge is 2.44. The molecule has 1 nitrogen and oxygen atoms in total. The normalized spacial score (nSPS) is 14.0. The summed E-state index contributed by atoms with van der Waals surface area (Å²) >= 11 is 29.0. The highest BCUT2D eigenvalue weighted by molar-refractivity contribution is 6.75. The zero-order valence-corrected chi connectivity index (χ0v) is 15.8. The van der Waals surface area contributed by atoms with E-state index < -0.39 is 16.4 Å². The Hall–Kier alpha value is 1.63. The molecular weight excluding hydrogens is 353 g/mol. The lowest BCUT2D eigenvalue weighted by atomic mass is 10.1. The van der Waals surface area contributed by atoms with Crippen molar-refractivity contribution < 1.29 is 4.43 Å². The van der Waals surface area contributed by atoms with Crippen LogP contribution in [0.5, 0.6) is 0 Å². The number of unbranched alkanes of at least 4 members (excludes halogenated alkanes) is 3. The molecule has 0 aliphatic rings. The average molecular weight is 375 g/mol. The first-order valence-electron chi connectivity index (χ1n) is 6.04. The number of rotatable bonds is 8. The molecule has 0 bridgehead atoms. The standard InChI is InChI=1S/C11H21Cl5OSi/c1-18(2,3)17-9-7-5-4-6-8-10(12,13)11(14,15)16/h4-9H2,1-3H3. The Morgan fingerprint density at radius 1 is 0.833 bits per heavy atom. The highest BCUT2D eigenvalue weighted by Crippen LogP contribution is 2.48. The summed E-state index contributed by atoms with van der Waals surface area (Å²) in [7, 11) is -1.38. The van der Waals surface area contributed by atoms with Crippen LogP contribution in [0.2, 0.25) is 19.6 Å².